The molecule has 2 aromatic carbocycles. The first kappa shape index (κ1) is 23.0. The maximum absolute atomic E-state index is 13.3. The van der Waals surface area contributed by atoms with Crippen LogP contribution in [0.3, 0.4) is 0 Å². The number of carbonyl (C=O) groups is 2. The van der Waals surface area contributed by atoms with Crippen LogP contribution in [0.1, 0.15) is 69.5 Å². The standard InChI is InChI=1S/C29H30N4O2/c1-18-6-5-8-21(14-18)25(34)15-20-10-12-22(13-11-20)33-29-26-24(16-30-28(26)31-17-32-29)27(35)23-9-4-3-7-19(23)2/h3-9,14,16-17,20,22H,10-13,15H2,1-2H3,(H2,30,31,32,33). The van der Waals surface area contributed by atoms with E-state index in [0.717, 1.165) is 47.8 Å². The smallest absolute Gasteiger partial charge is 0.195 e. The van der Waals surface area contributed by atoms with Crippen LogP contribution in [0.25, 0.3) is 11.0 Å². The highest BCUT2D eigenvalue weighted by Crippen LogP contribution is 2.32. The van der Waals surface area contributed by atoms with Gasteiger partial charge in [0.1, 0.15) is 17.8 Å². The molecule has 1 aliphatic rings. The molecule has 0 radical (unpaired) electrons. The summed E-state index contributed by atoms with van der Waals surface area (Å²) in [7, 11) is 0. The van der Waals surface area contributed by atoms with Crippen LogP contribution in [0.4, 0.5) is 5.82 Å². The van der Waals surface area contributed by atoms with Gasteiger partial charge in [-0.05, 0) is 57.1 Å². The fraction of sp³-hybridized carbons (Fsp3) is 0.310. The van der Waals surface area contributed by atoms with Gasteiger partial charge in [0.25, 0.3) is 0 Å². The molecular weight excluding hydrogens is 436 g/mol. The Kier molecular flexibility index (Phi) is 6.45. The van der Waals surface area contributed by atoms with Gasteiger partial charge in [0, 0.05) is 29.8 Å². The summed E-state index contributed by atoms with van der Waals surface area (Å²) in [5.41, 5.74) is 4.78. The van der Waals surface area contributed by atoms with Crippen molar-refractivity contribution >= 4 is 28.4 Å². The summed E-state index contributed by atoms with van der Waals surface area (Å²) in [6, 6.07) is 15.7. The number of aromatic nitrogens is 3. The minimum Gasteiger partial charge on any atom is -0.367 e. The predicted octanol–water partition coefficient (Wildman–Crippen LogP) is 6.05. The summed E-state index contributed by atoms with van der Waals surface area (Å²) in [6.07, 6.45) is 7.76. The Morgan fingerprint density at radius 2 is 1.77 bits per heavy atom. The molecule has 178 valence electrons. The molecule has 1 saturated carbocycles. The van der Waals surface area contributed by atoms with Gasteiger partial charge < -0.3 is 10.3 Å². The van der Waals surface area contributed by atoms with Crippen LogP contribution in [0.5, 0.6) is 0 Å². The molecule has 2 N–H and O–H groups in total. The third-order valence-corrected chi connectivity index (χ3v) is 7.11. The van der Waals surface area contributed by atoms with Crippen molar-refractivity contribution in [1.82, 2.24) is 15.0 Å². The average molecular weight is 467 g/mol. The minimum absolute atomic E-state index is 0.0365. The molecule has 0 unspecified atom stereocenters. The summed E-state index contributed by atoms with van der Waals surface area (Å²) in [4.78, 5) is 38.0. The van der Waals surface area contributed by atoms with E-state index in [2.05, 4.69) is 20.3 Å². The van der Waals surface area contributed by atoms with Crippen LogP contribution in [0.15, 0.2) is 61.1 Å². The Bertz CT molecular complexity index is 1380. The zero-order valence-corrected chi connectivity index (χ0v) is 20.2. The van der Waals surface area contributed by atoms with E-state index in [-0.39, 0.29) is 17.6 Å². The fourth-order valence-corrected chi connectivity index (χ4v) is 5.13. The van der Waals surface area contributed by atoms with Crippen LogP contribution in [-0.2, 0) is 0 Å². The monoisotopic (exact) mass is 466 g/mol. The molecule has 0 spiro atoms. The number of hydrogen-bond acceptors (Lipinski definition) is 5. The van der Waals surface area contributed by atoms with Crippen molar-refractivity contribution in [2.24, 2.45) is 5.92 Å². The molecule has 0 saturated heterocycles. The Labute approximate surface area is 205 Å². The minimum atomic E-state index is -0.0365. The van der Waals surface area contributed by atoms with Crippen LogP contribution in [0.2, 0.25) is 0 Å². The molecule has 1 fully saturated rings. The number of carbonyl (C=O) groups excluding carboxylic acids is 2. The maximum Gasteiger partial charge on any atom is 0.195 e. The third kappa shape index (κ3) is 4.87. The van der Waals surface area contributed by atoms with Crippen molar-refractivity contribution in [1.29, 1.82) is 0 Å². The number of H-pyrrole nitrogens is 1. The average Bonchev–Trinajstić information content (AvgIpc) is 3.30. The van der Waals surface area contributed by atoms with Crippen LogP contribution < -0.4 is 5.32 Å². The number of aromatic amines is 1. The summed E-state index contributed by atoms with van der Waals surface area (Å²) >= 11 is 0. The Balaban J connectivity index is 1.28. The molecule has 4 aromatic rings. The molecule has 5 rings (SSSR count). The van der Waals surface area contributed by atoms with E-state index in [9.17, 15) is 9.59 Å². The summed E-state index contributed by atoms with van der Waals surface area (Å²) in [5.74, 6) is 1.28. The number of rotatable bonds is 7. The number of benzene rings is 2. The normalized spacial score (nSPS) is 17.9. The second-order valence-electron chi connectivity index (χ2n) is 9.65. The second kappa shape index (κ2) is 9.82. The van der Waals surface area contributed by atoms with E-state index in [4.69, 9.17) is 0 Å². The van der Waals surface area contributed by atoms with Crippen molar-refractivity contribution in [3.63, 3.8) is 0 Å². The molecule has 6 nitrogen and oxygen atoms in total. The van der Waals surface area contributed by atoms with E-state index in [1.165, 1.54) is 6.33 Å². The van der Waals surface area contributed by atoms with Gasteiger partial charge in [-0.1, -0.05) is 48.0 Å². The number of hydrogen-bond donors (Lipinski definition) is 2. The Hall–Kier alpha value is -3.80. The van der Waals surface area contributed by atoms with Gasteiger partial charge in [-0.2, -0.15) is 0 Å². The van der Waals surface area contributed by atoms with Crippen molar-refractivity contribution in [3.05, 3.63) is 88.9 Å². The first-order chi connectivity index (χ1) is 17.0. The van der Waals surface area contributed by atoms with Crippen molar-refractivity contribution < 1.29 is 9.59 Å². The van der Waals surface area contributed by atoms with Gasteiger partial charge in [-0.3, -0.25) is 9.59 Å². The molecule has 6 heteroatoms. The first-order valence-corrected chi connectivity index (χ1v) is 12.3. The number of nitrogens with one attached hydrogen (secondary N) is 2. The van der Waals surface area contributed by atoms with E-state index in [1.54, 1.807) is 6.20 Å². The fourth-order valence-electron chi connectivity index (χ4n) is 5.13. The van der Waals surface area contributed by atoms with Gasteiger partial charge in [-0.15, -0.1) is 0 Å². The second-order valence-corrected chi connectivity index (χ2v) is 9.65. The van der Waals surface area contributed by atoms with Gasteiger partial charge in [-0.25, -0.2) is 9.97 Å². The van der Waals surface area contributed by atoms with Crippen LogP contribution >= 0.6 is 0 Å². The molecule has 35 heavy (non-hydrogen) atoms. The van der Waals surface area contributed by atoms with E-state index in [1.807, 2.05) is 62.4 Å². The van der Waals surface area contributed by atoms with Gasteiger partial charge in [0.15, 0.2) is 11.6 Å². The van der Waals surface area contributed by atoms with Gasteiger partial charge >= 0.3 is 0 Å². The molecular formula is C29H30N4O2. The Morgan fingerprint density at radius 3 is 2.54 bits per heavy atom. The predicted molar refractivity (Wildman–Crippen MR) is 138 cm³/mol. The number of ketones is 2. The number of nitrogens with zero attached hydrogens (tertiary/aromatic N) is 2. The first-order valence-electron chi connectivity index (χ1n) is 12.3. The number of anilines is 1. The van der Waals surface area contributed by atoms with Crippen molar-refractivity contribution in [2.45, 2.75) is 52.0 Å². The molecule has 0 amide bonds. The number of fused-ring (bicyclic) bond motifs is 1. The van der Waals surface area contributed by atoms with Crippen LogP contribution in [-0.4, -0.2) is 32.6 Å². The Morgan fingerprint density at radius 1 is 0.971 bits per heavy atom. The van der Waals surface area contributed by atoms with E-state index in [0.29, 0.717) is 34.9 Å². The topological polar surface area (TPSA) is 87.7 Å². The molecule has 0 bridgehead atoms. The van der Waals surface area contributed by atoms with E-state index < -0.39 is 0 Å². The van der Waals surface area contributed by atoms with E-state index >= 15 is 0 Å². The highest BCUT2D eigenvalue weighted by Gasteiger charge is 2.26. The number of Topliss-reactive ketones (excluding diaryl/α,β-unsaturated/α-hetero) is 1. The molecule has 1 aliphatic carbocycles. The lowest BCUT2D eigenvalue weighted by atomic mass is 9.82. The van der Waals surface area contributed by atoms with Crippen molar-refractivity contribution in [2.75, 3.05) is 5.32 Å². The summed E-state index contributed by atoms with van der Waals surface area (Å²) in [6.45, 7) is 3.96. The molecule has 2 heterocycles. The molecule has 0 atom stereocenters. The molecule has 2 aromatic heterocycles. The van der Waals surface area contributed by atoms with Crippen LogP contribution in [0, 0.1) is 19.8 Å². The lowest BCUT2D eigenvalue weighted by Crippen LogP contribution is -2.27. The molecule has 0 aliphatic heterocycles. The number of aryl methyl sites for hydroxylation is 2. The summed E-state index contributed by atoms with van der Waals surface area (Å²) < 4.78 is 0. The lowest BCUT2D eigenvalue weighted by Gasteiger charge is -2.29. The zero-order valence-electron chi connectivity index (χ0n) is 20.2. The van der Waals surface area contributed by atoms with Gasteiger partial charge in [0.05, 0.1) is 10.9 Å². The lowest BCUT2D eigenvalue weighted by molar-refractivity contribution is 0.0948. The quantitative estimate of drug-likeness (QED) is 0.324. The van der Waals surface area contributed by atoms with Crippen molar-refractivity contribution in [3.8, 4) is 0 Å². The largest absolute Gasteiger partial charge is 0.367 e. The highest BCUT2D eigenvalue weighted by atomic mass is 16.1. The maximum atomic E-state index is 13.3. The SMILES string of the molecule is Cc1cccc(C(=O)CC2CCC(Nc3ncnc4[nH]cc(C(=O)c5ccccc5C)c34)CC2)c1. The highest BCUT2D eigenvalue weighted by molar-refractivity contribution is 6.18. The van der Waals surface area contributed by atoms with Gasteiger partial charge in [0.2, 0.25) is 0 Å². The zero-order chi connectivity index (χ0) is 24.4. The summed E-state index contributed by atoms with van der Waals surface area (Å²) in [5, 5.41) is 4.31. The third-order valence-electron chi connectivity index (χ3n) is 7.11.